The standard InChI is InChI=1S/C15H25NO3/c1-10-6-13(7-16(4)8-14(18)9-17)11(2)12(3)15(10)19-5/h6,14,17-18H,7-9H2,1-5H3. The average molecular weight is 267 g/mol. The molecule has 0 fully saturated rings. The fraction of sp³-hybridized carbons (Fsp3) is 0.600. The minimum absolute atomic E-state index is 0.204. The number of aliphatic hydroxyl groups excluding tert-OH is 2. The van der Waals surface area contributed by atoms with Crippen molar-refractivity contribution in [2.24, 2.45) is 0 Å². The number of methoxy groups -OCH3 is 1. The van der Waals surface area contributed by atoms with Crippen LogP contribution in [0.4, 0.5) is 0 Å². The van der Waals surface area contributed by atoms with E-state index in [4.69, 9.17) is 9.84 Å². The van der Waals surface area contributed by atoms with Crippen molar-refractivity contribution in [3.63, 3.8) is 0 Å². The van der Waals surface area contributed by atoms with Gasteiger partial charge in [0.1, 0.15) is 5.75 Å². The monoisotopic (exact) mass is 267 g/mol. The highest BCUT2D eigenvalue weighted by Crippen LogP contribution is 2.29. The molecule has 1 rings (SSSR count). The summed E-state index contributed by atoms with van der Waals surface area (Å²) in [5, 5.41) is 18.3. The van der Waals surface area contributed by atoms with Gasteiger partial charge in [0.2, 0.25) is 0 Å². The highest BCUT2D eigenvalue weighted by Gasteiger charge is 2.13. The van der Waals surface area contributed by atoms with E-state index in [2.05, 4.69) is 19.9 Å². The molecule has 0 aliphatic rings. The Hall–Kier alpha value is -1.10. The van der Waals surface area contributed by atoms with Gasteiger partial charge >= 0.3 is 0 Å². The summed E-state index contributed by atoms with van der Waals surface area (Å²) in [6.45, 7) is 7.19. The van der Waals surface area contributed by atoms with Crippen LogP contribution in [0.2, 0.25) is 0 Å². The first-order valence-electron chi connectivity index (χ1n) is 6.51. The van der Waals surface area contributed by atoms with Crippen LogP contribution >= 0.6 is 0 Å². The van der Waals surface area contributed by atoms with E-state index >= 15 is 0 Å². The quantitative estimate of drug-likeness (QED) is 0.818. The van der Waals surface area contributed by atoms with Crippen molar-refractivity contribution in [2.45, 2.75) is 33.4 Å². The van der Waals surface area contributed by atoms with Gasteiger partial charge in [0.25, 0.3) is 0 Å². The topological polar surface area (TPSA) is 52.9 Å². The van der Waals surface area contributed by atoms with Crippen LogP contribution in [0.15, 0.2) is 6.07 Å². The number of aryl methyl sites for hydroxylation is 1. The molecule has 19 heavy (non-hydrogen) atoms. The summed E-state index contributed by atoms with van der Waals surface area (Å²) in [6, 6.07) is 2.13. The smallest absolute Gasteiger partial charge is 0.124 e. The molecule has 0 aliphatic heterocycles. The second-order valence-corrected chi connectivity index (χ2v) is 5.17. The van der Waals surface area contributed by atoms with Crippen molar-refractivity contribution >= 4 is 0 Å². The first kappa shape index (κ1) is 16.0. The number of likely N-dealkylation sites (N-methyl/N-ethyl adjacent to an activating group) is 1. The molecule has 0 radical (unpaired) electrons. The minimum atomic E-state index is -0.689. The summed E-state index contributed by atoms with van der Waals surface area (Å²) in [4.78, 5) is 2.01. The lowest BCUT2D eigenvalue weighted by Crippen LogP contribution is -2.31. The van der Waals surface area contributed by atoms with Crippen molar-refractivity contribution in [3.8, 4) is 5.75 Å². The van der Waals surface area contributed by atoms with Gasteiger partial charge in [-0.05, 0) is 50.1 Å². The van der Waals surface area contributed by atoms with Crippen LogP contribution < -0.4 is 4.74 Å². The molecule has 0 spiro atoms. The Labute approximate surface area is 115 Å². The zero-order valence-electron chi connectivity index (χ0n) is 12.5. The Bertz CT molecular complexity index is 432. The van der Waals surface area contributed by atoms with Crippen molar-refractivity contribution in [3.05, 3.63) is 28.3 Å². The van der Waals surface area contributed by atoms with Crippen LogP contribution in [0.1, 0.15) is 22.3 Å². The Morgan fingerprint density at radius 3 is 2.42 bits per heavy atom. The predicted octanol–water partition coefficient (Wildman–Crippen LogP) is 1.41. The number of aliphatic hydroxyl groups is 2. The Balaban J connectivity index is 2.90. The second-order valence-electron chi connectivity index (χ2n) is 5.17. The number of nitrogens with zero attached hydrogens (tertiary/aromatic N) is 1. The van der Waals surface area contributed by atoms with Crippen LogP contribution in [0.3, 0.4) is 0 Å². The van der Waals surface area contributed by atoms with Gasteiger partial charge in [-0.3, -0.25) is 4.90 Å². The van der Waals surface area contributed by atoms with Gasteiger partial charge in [0.15, 0.2) is 0 Å². The van der Waals surface area contributed by atoms with Crippen molar-refractivity contribution in [1.29, 1.82) is 0 Å². The molecule has 0 aromatic heterocycles. The normalized spacial score (nSPS) is 12.8. The molecule has 4 heteroatoms. The highest BCUT2D eigenvalue weighted by atomic mass is 16.5. The number of ether oxygens (including phenoxy) is 1. The number of benzene rings is 1. The van der Waals surface area contributed by atoms with E-state index in [0.29, 0.717) is 6.54 Å². The second kappa shape index (κ2) is 6.89. The molecule has 1 atom stereocenters. The Morgan fingerprint density at radius 1 is 1.26 bits per heavy atom. The molecule has 0 aliphatic carbocycles. The zero-order valence-corrected chi connectivity index (χ0v) is 12.5. The maximum Gasteiger partial charge on any atom is 0.124 e. The first-order valence-corrected chi connectivity index (χ1v) is 6.51. The van der Waals surface area contributed by atoms with Gasteiger partial charge < -0.3 is 14.9 Å². The van der Waals surface area contributed by atoms with Gasteiger partial charge in [-0.15, -0.1) is 0 Å². The van der Waals surface area contributed by atoms with E-state index < -0.39 is 6.10 Å². The lowest BCUT2D eigenvalue weighted by atomic mass is 9.98. The number of hydrogen-bond donors (Lipinski definition) is 2. The third-order valence-electron chi connectivity index (χ3n) is 3.51. The van der Waals surface area contributed by atoms with E-state index in [1.807, 2.05) is 18.9 Å². The molecule has 2 N–H and O–H groups in total. The van der Waals surface area contributed by atoms with Crippen molar-refractivity contribution in [2.75, 3.05) is 27.3 Å². The van der Waals surface area contributed by atoms with E-state index in [-0.39, 0.29) is 6.61 Å². The van der Waals surface area contributed by atoms with Crippen molar-refractivity contribution < 1.29 is 14.9 Å². The van der Waals surface area contributed by atoms with Crippen LogP contribution in [0.5, 0.6) is 5.75 Å². The van der Waals surface area contributed by atoms with Crippen molar-refractivity contribution in [1.82, 2.24) is 4.90 Å². The lowest BCUT2D eigenvalue weighted by Gasteiger charge is -2.22. The summed E-state index contributed by atoms with van der Waals surface area (Å²) >= 11 is 0. The van der Waals surface area contributed by atoms with Crippen LogP contribution in [0.25, 0.3) is 0 Å². The third-order valence-corrected chi connectivity index (χ3v) is 3.51. The molecule has 108 valence electrons. The third kappa shape index (κ3) is 3.93. The largest absolute Gasteiger partial charge is 0.496 e. The zero-order chi connectivity index (χ0) is 14.6. The van der Waals surface area contributed by atoms with Gasteiger partial charge in [-0.2, -0.15) is 0 Å². The van der Waals surface area contributed by atoms with E-state index in [0.717, 1.165) is 23.4 Å². The van der Waals surface area contributed by atoms with Crippen LogP contribution in [-0.2, 0) is 6.54 Å². The molecule has 0 bridgehead atoms. The fourth-order valence-corrected chi connectivity index (χ4v) is 2.39. The molecule has 4 nitrogen and oxygen atoms in total. The molecule has 0 saturated heterocycles. The summed E-state index contributed by atoms with van der Waals surface area (Å²) < 4.78 is 5.41. The number of rotatable bonds is 6. The molecule has 0 saturated carbocycles. The summed E-state index contributed by atoms with van der Waals surface area (Å²) in [5.41, 5.74) is 4.72. The lowest BCUT2D eigenvalue weighted by molar-refractivity contribution is 0.0647. The molecular weight excluding hydrogens is 242 g/mol. The molecule has 1 unspecified atom stereocenters. The predicted molar refractivity (Wildman–Crippen MR) is 76.6 cm³/mol. The van der Waals surface area contributed by atoms with Crippen LogP contribution in [0, 0.1) is 20.8 Å². The van der Waals surface area contributed by atoms with Gasteiger partial charge in [0, 0.05) is 13.1 Å². The fourth-order valence-electron chi connectivity index (χ4n) is 2.39. The maximum atomic E-state index is 9.46. The highest BCUT2D eigenvalue weighted by molar-refractivity contribution is 5.48. The summed E-state index contributed by atoms with van der Waals surface area (Å²) in [6.07, 6.45) is -0.689. The number of hydrogen-bond acceptors (Lipinski definition) is 4. The van der Waals surface area contributed by atoms with Gasteiger partial charge in [-0.25, -0.2) is 0 Å². The summed E-state index contributed by atoms with van der Waals surface area (Å²) in [5.74, 6) is 0.944. The molecule has 0 amide bonds. The van der Waals surface area contributed by atoms with E-state index in [9.17, 15) is 5.11 Å². The molecule has 0 heterocycles. The maximum absolute atomic E-state index is 9.46. The Morgan fingerprint density at radius 2 is 1.89 bits per heavy atom. The molecule has 1 aromatic rings. The minimum Gasteiger partial charge on any atom is -0.496 e. The van der Waals surface area contributed by atoms with Crippen LogP contribution in [-0.4, -0.2) is 48.5 Å². The van der Waals surface area contributed by atoms with Gasteiger partial charge in [0.05, 0.1) is 19.8 Å². The molecule has 1 aromatic carbocycles. The SMILES string of the molecule is COc1c(C)cc(CN(C)CC(O)CO)c(C)c1C. The summed E-state index contributed by atoms with van der Waals surface area (Å²) in [7, 11) is 3.63. The van der Waals surface area contributed by atoms with E-state index in [1.165, 1.54) is 11.1 Å². The Kier molecular flexibility index (Phi) is 5.79. The van der Waals surface area contributed by atoms with Gasteiger partial charge in [-0.1, -0.05) is 6.07 Å². The first-order chi connectivity index (χ1) is 8.90. The van der Waals surface area contributed by atoms with E-state index in [1.54, 1.807) is 7.11 Å². The average Bonchev–Trinajstić information content (AvgIpc) is 2.36. The molecular formula is C15H25NO3.